The van der Waals surface area contributed by atoms with Gasteiger partial charge in [-0.05, 0) is 30.3 Å². The van der Waals surface area contributed by atoms with E-state index in [1.54, 1.807) is 12.1 Å². The summed E-state index contributed by atoms with van der Waals surface area (Å²) in [7, 11) is 0. The molecule has 0 N–H and O–H groups in total. The van der Waals surface area contributed by atoms with Crippen molar-refractivity contribution < 1.29 is 18.7 Å². The summed E-state index contributed by atoms with van der Waals surface area (Å²) in [6, 6.07) is 11.6. The predicted octanol–water partition coefficient (Wildman–Crippen LogP) is 3.57. The van der Waals surface area contributed by atoms with Crippen molar-refractivity contribution >= 4 is 17.5 Å². The summed E-state index contributed by atoms with van der Waals surface area (Å²) >= 11 is 1.35. The van der Waals surface area contributed by atoms with Gasteiger partial charge in [0.2, 0.25) is 0 Å². The molecule has 0 amide bonds. The zero-order chi connectivity index (χ0) is 14.7. The van der Waals surface area contributed by atoms with Crippen molar-refractivity contribution in [1.82, 2.24) is 0 Å². The maximum atomic E-state index is 13.5. The molecule has 0 atom stereocenters. The van der Waals surface area contributed by atoms with Crippen LogP contribution in [-0.2, 0) is 0 Å². The van der Waals surface area contributed by atoms with E-state index >= 15 is 0 Å². The van der Waals surface area contributed by atoms with Gasteiger partial charge < -0.3 is 9.47 Å². The van der Waals surface area contributed by atoms with Crippen molar-refractivity contribution in [3.63, 3.8) is 0 Å². The fraction of sp³-hybridized carbons (Fsp3) is 0.188. The molecule has 2 aromatic carbocycles. The predicted molar refractivity (Wildman–Crippen MR) is 78.9 cm³/mol. The molecule has 5 heteroatoms. The lowest BCUT2D eigenvalue weighted by Crippen LogP contribution is -2.15. The minimum Gasteiger partial charge on any atom is -0.486 e. The van der Waals surface area contributed by atoms with E-state index < -0.39 is 5.82 Å². The molecule has 108 valence electrons. The van der Waals surface area contributed by atoms with Crippen LogP contribution in [0.15, 0.2) is 47.4 Å². The maximum Gasteiger partial charge on any atom is 0.176 e. The number of fused-ring (bicyclic) bond motifs is 1. The van der Waals surface area contributed by atoms with Crippen LogP contribution in [0.4, 0.5) is 4.39 Å². The van der Waals surface area contributed by atoms with Gasteiger partial charge in [0.25, 0.3) is 0 Å². The largest absolute Gasteiger partial charge is 0.486 e. The summed E-state index contributed by atoms with van der Waals surface area (Å²) in [5.41, 5.74) is 0.127. The molecule has 1 aliphatic rings. The molecule has 0 saturated heterocycles. The second kappa shape index (κ2) is 6.18. The molecular weight excluding hydrogens is 291 g/mol. The van der Waals surface area contributed by atoms with E-state index in [9.17, 15) is 9.18 Å². The molecule has 1 aliphatic heterocycles. The number of ether oxygens (including phenoxy) is 2. The van der Waals surface area contributed by atoms with Crippen LogP contribution >= 0.6 is 11.8 Å². The van der Waals surface area contributed by atoms with Crippen molar-refractivity contribution in [2.45, 2.75) is 4.90 Å². The van der Waals surface area contributed by atoms with E-state index in [-0.39, 0.29) is 17.1 Å². The molecule has 3 rings (SSSR count). The van der Waals surface area contributed by atoms with E-state index in [4.69, 9.17) is 9.47 Å². The summed E-state index contributed by atoms with van der Waals surface area (Å²) in [5, 5.41) is 0. The van der Waals surface area contributed by atoms with Gasteiger partial charge in [-0.25, -0.2) is 4.39 Å². The average molecular weight is 304 g/mol. The van der Waals surface area contributed by atoms with E-state index in [0.717, 1.165) is 4.90 Å². The first-order chi connectivity index (χ1) is 10.2. The number of carbonyl (C=O) groups is 1. The van der Waals surface area contributed by atoms with Crippen molar-refractivity contribution in [3.8, 4) is 11.5 Å². The molecule has 0 saturated carbocycles. The monoisotopic (exact) mass is 304 g/mol. The van der Waals surface area contributed by atoms with Crippen LogP contribution in [0.2, 0.25) is 0 Å². The Kier molecular flexibility index (Phi) is 4.10. The lowest BCUT2D eigenvalue weighted by molar-refractivity contribution is 0.101. The number of thioether (sulfide) groups is 1. The number of halogens is 1. The van der Waals surface area contributed by atoms with Crippen LogP contribution in [0.1, 0.15) is 10.4 Å². The van der Waals surface area contributed by atoms with Gasteiger partial charge in [-0.1, -0.05) is 12.1 Å². The number of hydrogen-bond donors (Lipinski definition) is 0. The Morgan fingerprint density at radius 2 is 1.86 bits per heavy atom. The van der Waals surface area contributed by atoms with E-state index in [1.807, 2.05) is 18.2 Å². The minimum atomic E-state index is -0.481. The third-order valence-corrected chi connectivity index (χ3v) is 4.05. The highest BCUT2D eigenvalue weighted by Gasteiger charge is 2.14. The summed E-state index contributed by atoms with van der Waals surface area (Å²) < 4.78 is 24.5. The third-order valence-electron chi connectivity index (χ3n) is 3.06. The number of benzene rings is 2. The third kappa shape index (κ3) is 3.19. The second-order valence-electron chi connectivity index (χ2n) is 4.50. The topological polar surface area (TPSA) is 35.5 Å². The molecule has 1 heterocycles. The van der Waals surface area contributed by atoms with E-state index in [2.05, 4.69) is 0 Å². The van der Waals surface area contributed by atoms with Crippen molar-refractivity contribution in [2.75, 3.05) is 19.0 Å². The Hall–Kier alpha value is -2.01. The van der Waals surface area contributed by atoms with E-state index in [0.29, 0.717) is 24.7 Å². The summed E-state index contributed by atoms with van der Waals surface area (Å²) in [4.78, 5) is 12.9. The van der Waals surface area contributed by atoms with Gasteiger partial charge in [-0.3, -0.25) is 4.79 Å². The van der Waals surface area contributed by atoms with Crippen LogP contribution in [0.5, 0.6) is 11.5 Å². The molecule has 0 bridgehead atoms. The van der Waals surface area contributed by atoms with Crippen LogP contribution < -0.4 is 9.47 Å². The van der Waals surface area contributed by atoms with Gasteiger partial charge in [-0.15, -0.1) is 11.8 Å². The second-order valence-corrected chi connectivity index (χ2v) is 5.55. The molecule has 0 fully saturated rings. The Morgan fingerprint density at radius 3 is 2.67 bits per heavy atom. The first-order valence-electron chi connectivity index (χ1n) is 6.54. The number of ketones is 1. The molecule has 0 spiro atoms. The zero-order valence-corrected chi connectivity index (χ0v) is 12.0. The highest BCUT2D eigenvalue weighted by molar-refractivity contribution is 8.00. The molecule has 0 aliphatic carbocycles. The quantitative estimate of drug-likeness (QED) is 0.639. The number of carbonyl (C=O) groups excluding carboxylic acids is 1. The molecule has 3 nitrogen and oxygen atoms in total. The van der Waals surface area contributed by atoms with Crippen molar-refractivity contribution in [2.24, 2.45) is 0 Å². The minimum absolute atomic E-state index is 0.127. The van der Waals surface area contributed by atoms with Crippen LogP contribution in [0.25, 0.3) is 0 Å². The Morgan fingerprint density at radius 1 is 1.10 bits per heavy atom. The molecule has 21 heavy (non-hydrogen) atoms. The fourth-order valence-electron chi connectivity index (χ4n) is 2.03. The van der Waals surface area contributed by atoms with Gasteiger partial charge in [0.05, 0.1) is 11.3 Å². The zero-order valence-electron chi connectivity index (χ0n) is 11.2. The lowest BCUT2D eigenvalue weighted by Gasteiger charge is -2.18. The highest BCUT2D eigenvalue weighted by atomic mass is 32.2. The van der Waals surface area contributed by atoms with Gasteiger partial charge in [0.15, 0.2) is 17.3 Å². The standard InChI is InChI=1S/C16H13FO3S/c17-13-4-2-1-3-12(13)14(18)10-21-11-5-6-15-16(9-11)20-8-7-19-15/h1-6,9H,7-8,10H2. The first kappa shape index (κ1) is 13.9. The molecule has 2 aromatic rings. The fourth-order valence-corrected chi connectivity index (χ4v) is 2.84. The van der Waals surface area contributed by atoms with E-state index in [1.165, 1.54) is 23.9 Å². The van der Waals surface area contributed by atoms with Gasteiger partial charge >= 0.3 is 0 Å². The number of Topliss-reactive ketones (excluding diaryl/α,β-unsaturated/α-hetero) is 1. The Bertz CT molecular complexity index is 672. The Balaban J connectivity index is 1.68. The summed E-state index contributed by atoms with van der Waals surface area (Å²) in [6.07, 6.45) is 0. The van der Waals surface area contributed by atoms with Gasteiger partial charge in [-0.2, -0.15) is 0 Å². The van der Waals surface area contributed by atoms with Gasteiger partial charge in [0.1, 0.15) is 19.0 Å². The first-order valence-corrected chi connectivity index (χ1v) is 7.53. The summed E-state index contributed by atoms with van der Waals surface area (Å²) in [5.74, 6) is 0.870. The van der Waals surface area contributed by atoms with Crippen LogP contribution in [-0.4, -0.2) is 24.7 Å². The number of hydrogen-bond acceptors (Lipinski definition) is 4. The summed E-state index contributed by atoms with van der Waals surface area (Å²) in [6.45, 7) is 1.07. The smallest absolute Gasteiger partial charge is 0.176 e. The highest BCUT2D eigenvalue weighted by Crippen LogP contribution is 2.34. The normalized spacial score (nSPS) is 13.0. The molecular formula is C16H13FO3S. The molecule has 0 radical (unpaired) electrons. The maximum absolute atomic E-state index is 13.5. The lowest BCUT2D eigenvalue weighted by atomic mass is 10.1. The van der Waals surface area contributed by atoms with Crippen LogP contribution in [0.3, 0.4) is 0 Å². The molecule has 0 unspecified atom stereocenters. The van der Waals surface area contributed by atoms with Crippen molar-refractivity contribution in [3.05, 3.63) is 53.8 Å². The Labute approximate surface area is 126 Å². The molecule has 0 aromatic heterocycles. The van der Waals surface area contributed by atoms with Crippen molar-refractivity contribution in [1.29, 1.82) is 0 Å². The SMILES string of the molecule is O=C(CSc1ccc2c(c1)OCCO2)c1ccccc1F. The average Bonchev–Trinajstić information content (AvgIpc) is 2.53. The van der Waals surface area contributed by atoms with Crippen LogP contribution in [0, 0.1) is 5.82 Å². The number of rotatable bonds is 4. The van der Waals surface area contributed by atoms with Gasteiger partial charge in [0, 0.05) is 4.90 Å².